The molecule has 0 aromatic heterocycles. The van der Waals surface area contributed by atoms with E-state index in [1.165, 1.54) is 12.0 Å². The van der Waals surface area contributed by atoms with Gasteiger partial charge in [0, 0.05) is 5.92 Å². The number of aliphatic hydroxyl groups is 1. The molecule has 3 heteroatoms. The molecular weight excluding hydrogens is 238 g/mol. The molecule has 106 valence electrons. The third-order valence-electron chi connectivity index (χ3n) is 4.40. The van der Waals surface area contributed by atoms with Gasteiger partial charge >= 0.3 is 0 Å². The van der Waals surface area contributed by atoms with E-state index >= 15 is 0 Å². The van der Waals surface area contributed by atoms with E-state index in [-0.39, 0.29) is 5.92 Å². The minimum absolute atomic E-state index is 0.154. The molecule has 0 radical (unpaired) electrons. The number of ether oxygens (including phenoxy) is 1. The van der Waals surface area contributed by atoms with Crippen molar-refractivity contribution in [1.29, 1.82) is 0 Å². The predicted molar refractivity (Wildman–Crippen MR) is 77.3 cm³/mol. The monoisotopic (exact) mass is 263 g/mol. The fourth-order valence-electron chi connectivity index (χ4n) is 3.11. The molecule has 0 heterocycles. The third-order valence-corrected chi connectivity index (χ3v) is 4.40. The van der Waals surface area contributed by atoms with Gasteiger partial charge in [0.2, 0.25) is 0 Å². The molecule has 1 aliphatic carbocycles. The van der Waals surface area contributed by atoms with Crippen LogP contribution in [-0.2, 0) is 6.42 Å². The Kier molecular flexibility index (Phi) is 4.83. The molecular formula is C16H25NO2. The number of nitrogens with two attached hydrogens (primary N) is 1. The fraction of sp³-hybridized carbons (Fsp3) is 0.625. The summed E-state index contributed by atoms with van der Waals surface area (Å²) >= 11 is 0. The van der Waals surface area contributed by atoms with Gasteiger partial charge in [-0.1, -0.05) is 31.4 Å². The number of benzene rings is 1. The van der Waals surface area contributed by atoms with Gasteiger partial charge in [-0.25, -0.2) is 0 Å². The summed E-state index contributed by atoms with van der Waals surface area (Å²) in [6, 6.07) is 8.06. The van der Waals surface area contributed by atoms with E-state index in [1.807, 2.05) is 12.1 Å². The van der Waals surface area contributed by atoms with Crippen LogP contribution < -0.4 is 10.5 Å². The quantitative estimate of drug-likeness (QED) is 0.858. The minimum Gasteiger partial charge on any atom is -0.497 e. The standard InChI is InChI=1S/C16H25NO2/c1-19-15-7-5-13(6-8-15)11-14(12-17)16(18)9-3-2-4-10-16/h5-8,14,18H,2-4,9-12,17H2,1H3. The number of hydrogen-bond donors (Lipinski definition) is 2. The van der Waals surface area contributed by atoms with Gasteiger partial charge in [0.25, 0.3) is 0 Å². The Morgan fingerprint density at radius 1 is 1.21 bits per heavy atom. The van der Waals surface area contributed by atoms with Gasteiger partial charge in [-0.05, 0) is 43.5 Å². The molecule has 0 spiro atoms. The van der Waals surface area contributed by atoms with E-state index in [9.17, 15) is 5.11 Å². The Labute approximate surface area is 115 Å². The Bertz CT molecular complexity index is 382. The second kappa shape index (κ2) is 6.40. The van der Waals surface area contributed by atoms with Crippen molar-refractivity contribution in [3.8, 4) is 5.75 Å². The van der Waals surface area contributed by atoms with Crippen molar-refractivity contribution in [2.75, 3.05) is 13.7 Å². The van der Waals surface area contributed by atoms with E-state index < -0.39 is 5.60 Å². The zero-order valence-corrected chi connectivity index (χ0v) is 11.8. The minimum atomic E-state index is -0.563. The lowest BCUT2D eigenvalue weighted by Gasteiger charge is -2.39. The molecule has 1 unspecified atom stereocenters. The maximum Gasteiger partial charge on any atom is 0.118 e. The maximum absolute atomic E-state index is 10.8. The number of methoxy groups -OCH3 is 1. The van der Waals surface area contributed by atoms with Crippen molar-refractivity contribution in [1.82, 2.24) is 0 Å². The van der Waals surface area contributed by atoms with Gasteiger partial charge in [0.1, 0.15) is 5.75 Å². The Morgan fingerprint density at radius 2 is 1.84 bits per heavy atom. The molecule has 1 fully saturated rings. The highest BCUT2D eigenvalue weighted by molar-refractivity contribution is 5.27. The van der Waals surface area contributed by atoms with Crippen LogP contribution in [0.2, 0.25) is 0 Å². The molecule has 0 bridgehead atoms. The molecule has 1 aliphatic rings. The molecule has 1 aromatic rings. The highest BCUT2D eigenvalue weighted by Gasteiger charge is 2.36. The second-order valence-electron chi connectivity index (χ2n) is 5.65. The van der Waals surface area contributed by atoms with Gasteiger partial charge in [-0.2, -0.15) is 0 Å². The van der Waals surface area contributed by atoms with Gasteiger partial charge in [-0.3, -0.25) is 0 Å². The van der Waals surface area contributed by atoms with Crippen molar-refractivity contribution in [3.05, 3.63) is 29.8 Å². The van der Waals surface area contributed by atoms with Crippen LogP contribution in [-0.4, -0.2) is 24.4 Å². The first-order valence-corrected chi connectivity index (χ1v) is 7.23. The lowest BCUT2D eigenvalue weighted by atomic mass is 9.73. The van der Waals surface area contributed by atoms with Crippen LogP contribution in [0.1, 0.15) is 37.7 Å². The van der Waals surface area contributed by atoms with Crippen LogP contribution in [0.5, 0.6) is 5.75 Å². The van der Waals surface area contributed by atoms with Crippen molar-refractivity contribution in [3.63, 3.8) is 0 Å². The van der Waals surface area contributed by atoms with E-state index in [0.29, 0.717) is 6.54 Å². The average molecular weight is 263 g/mol. The van der Waals surface area contributed by atoms with Crippen LogP contribution in [0.25, 0.3) is 0 Å². The number of rotatable bonds is 5. The Morgan fingerprint density at radius 3 is 2.37 bits per heavy atom. The van der Waals surface area contributed by atoms with Crippen LogP contribution in [0.4, 0.5) is 0 Å². The second-order valence-corrected chi connectivity index (χ2v) is 5.65. The zero-order chi connectivity index (χ0) is 13.7. The lowest BCUT2D eigenvalue weighted by molar-refractivity contribution is -0.0460. The first-order chi connectivity index (χ1) is 9.18. The van der Waals surface area contributed by atoms with Gasteiger partial charge in [-0.15, -0.1) is 0 Å². The van der Waals surface area contributed by atoms with E-state index in [1.54, 1.807) is 7.11 Å². The molecule has 1 saturated carbocycles. The summed E-state index contributed by atoms with van der Waals surface area (Å²) in [4.78, 5) is 0. The van der Waals surface area contributed by atoms with Crippen molar-refractivity contribution >= 4 is 0 Å². The largest absolute Gasteiger partial charge is 0.497 e. The van der Waals surface area contributed by atoms with Crippen molar-refractivity contribution in [2.45, 2.75) is 44.1 Å². The topological polar surface area (TPSA) is 55.5 Å². The molecule has 19 heavy (non-hydrogen) atoms. The summed E-state index contributed by atoms with van der Waals surface area (Å²) in [5.41, 5.74) is 6.56. The van der Waals surface area contributed by atoms with E-state index in [0.717, 1.165) is 37.9 Å². The van der Waals surface area contributed by atoms with E-state index in [4.69, 9.17) is 10.5 Å². The summed E-state index contributed by atoms with van der Waals surface area (Å²) < 4.78 is 5.16. The Balaban J connectivity index is 2.04. The molecule has 2 rings (SSSR count). The first-order valence-electron chi connectivity index (χ1n) is 7.23. The summed E-state index contributed by atoms with van der Waals surface area (Å²) in [7, 11) is 1.67. The van der Waals surface area contributed by atoms with Crippen molar-refractivity contribution < 1.29 is 9.84 Å². The van der Waals surface area contributed by atoms with E-state index in [2.05, 4.69) is 12.1 Å². The smallest absolute Gasteiger partial charge is 0.118 e. The number of hydrogen-bond acceptors (Lipinski definition) is 3. The van der Waals surface area contributed by atoms with Gasteiger partial charge in [0.05, 0.1) is 12.7 Å². The summed E-state index contributed by atoms with van der Waals surface area (Å²) in [5, 5.41) is 10.8. The van der Waals surface area contributed by atoms with Gasteiger partial charge in [0.15, 0.2) is 0 Å². The molecule has 0 amide bonds. The molecule has 1 aromatic carbocycles. The van der Waals surface area contributed by atoms with Crippen LogP contribution >= 0.6 is 0 Å². The lowest BCUT2D eigenvalue weighted by Crippen LogP contribution is -2.44. The highest BCUT2D eigenvalue weighted by atomic mass is 16.5. The average Bonchev–Trinajstić information content (AvgIpc) is 2.46. The summed E-state index contributed by atoms with van der Waals surface area (Å²) in [6.07, 6.45) is 6.11. The molecule has 3 nitrogen and oxygen atoms in total. The highest BCUT2D eigenvalue weighted by Crippen LogP contribution is 2.35. The molecule has 3 N–H and O–H groups in total. The zero-order valence-electron chi connectivity index (χ0n) is 11.8. The SMILES string of the molecule is COc1ccc(CC(CN)C2(O)CCCCC2)cc1. The van der Waals surface area contributed by atoms with Crippen LogP contribution in [0, 0.1) is 5.92 Å². The third kappa shape index (κ3) is 3.48. The molecule has 1 atom stereocenters. The van der Waals surface area contributed by atoms with Gasteiger partial charge < -0.3 is 15.6 Å². The molecule has 0 saturated heterocycles. The van der Waals surface area contributed by atoms with Crippen LogP contribution in [0.3, 0.4) is 0 Å². The first kappa shape index (κ1) is 14.4. The summed E-state index contributed by atoms with van der Waals surface area (Å²) in [6.45, 7) is 0.544. The predicted octanol–water partition coefficient (Wildman–Crippen LogP) is 2.51. The normalized spacial score (nSPS) is 19.9. The summed E-state index contributed by atoms with van der Waals surface area (Å²) in [5.74, 6) is 1.02. The molecule has 0 aliphatic heterocycles. The van der Waals surface area contributed by atoms with Crippen molar-refractivity contribution in [2.24, 2.45) is 11.7 Å². The maximum atomic E-state index is 10.8. The Hall–Kier alpha value is -1.06. The van der Waals surface area contributed by atoms with Crippen LogP contribution in [0.15, 0.2) is 24.3 Å². The fourth-order valence-corrected chi connectivity index (χ4v) is 3.11.